The van der Waals surface area contributed by atoms with E-state index >= 15 is 0 Å². The summed E-state index contributed by atoms with van der Waals surface area (Å²) in [5.41, 5.74) is 2.11. The lowest BCUT2D eigenvalue weighted by Gasteiger charge is -2.11. The Labute approximate surface area is 144 Å². The Hall–Kier alpha value is -3.09. The molecule has 1 amide bonds. The quantitative estimate of drug-likeness (QED) is 0.763. The summed E-state index contributed by atoms with van der Waals surface area (Å²) in [6.07, 6.45) is 1.46. The number of nitrogens with one attached hydrogen (secondary N) is 1. The van der Waals surface area contributed by atoms with Crippen LogP contribution in [0.15, 0.2) is 35.0 Å². The van der Waals surface area contributed by atoms with E-state index in [9.17, 15) is 4.79 Å². The van der Waals surface area contributed by atoms with E-state index in [0.29, 0.717) is 28.5 Å². The van der Waals surface area contributed by atoms with Gasteiger partial charge in [0.25, 0.3) is 11.6 Å². The molecule has 0 aliphatic heterocycles. The van der Waals surface area contributed by atoms with E-state index in [4.69, 9.17) is 14.0 Å². The molecule has 3 rings (SSSR count). The molecule has 0 radical (unpaired) electrons. The SMILES string of the molecule is COc1ccc(OC)c(NC(=O)c2cnc3onc(C(C)C)c3c2)c1. The van der Waals surface area contributed by atoms with Crippen LogP contribution in [-0.4, -0.2) is 30.3 Å². The van der Waals surface area contributed by atoms with Crippen LogP contribution in [0, 0.1) is 0 Å². The van der Waals surface area contributed by atoms with E-state index < -0.39 is 0 Å². The number of ether oxygens (including phenoxy) is 2. The summed E-state index contributed by atoms with van der Waals surface area (Å²) in [4.78, 5) is 16.8. The number of carbonyl (C=O) groups is 1. The first-order valence-electron chi connectivity index (χ1n) is 7.82. The van der Waals surface area contributed by atoms with Crippen LogP contribution in [0.4, 0.5) is 5.69 Å². The molecule has 1 N–H and O–H groups in total. The van der Waals surface area contributed by atoms with E-state index in [0.717, 1.165) is 11.1 Å². The molecule has 0 bridgehead atoms. The molecule has 0 unspecified atom stereocenters. The van der Waals surface area contributed by atoms with Crippen molar-refractivity contribution in [3.05, 3.63) is 41.7 Å². The van der Waals surface area contributed by atoms with Crippen molar-refractivity contribution in [1.29, 1.82) is 0 Å². The van der Waals surface area contributed by atoms with Crippen LogP contribution in [0.5, 0.6) is 11.5 Å². The number of anilines is 1. The number of hydrogen-bond acceptors (Lipinski definition) is 6. The van der Waals surface area contributed by atoms with Gasteiger partial charge >= 0.3 is 0 Å². The molecule has 0 spiro atoms. The van der Waals surface area contributed by atoms with Gasteiger partial charge in [0.1, 0.15) is 11.5 Å². The molecule has 3 aromatic rings. The van der Waals surface area contributed by atoms with Gasteiger partial charge in [0.2, 0.25) is 0 Å². The maximum Gasteiger partial charge on any atom is 0.257 e. The molecule has 7 heteroatoms. The zero-order valence-corrected chi connectivity index (χ0v) is 14.5. The van der Waals surface area contributed by atoms with Gasteiger partial charge in [-0.2, -0.15) is 0 Å². The molecule has 2 aromatic heterocycles. The second-order valence-electron chi connectivity index (χ2n) is 5.82. The maximum absolute atomic E-state index is 12.6. The number of benzene rings is 1. The highest BCUT2D eigenvalue weighted by atomic mass is 16.5. The molecule has 7 nitrogen and oxygen atoms in total. The van der Waals surface area contributed by atoms with Gasteiger partial charge in [-0.25, -0.2) is 4.98 Å². The smallest absolute Gasteiger partial charge is 0.257 e. The monoisotopic (exact) mass is 341 g/mol. The number of aromatic nitrogens is 2. The lowest BCUT2D eigenvalue weighted by Crippen LogP contribution is -2.13. The second kappa shape index (κ2) is 6.80. The normalized spacial score (nSPS) is 10.9. The zero-order valence-electron chi connectivity index (χ0n) is 14.5. The Morgan fingerprint density at radius 3 is 2.68 bits per heavy atom. The van der Waals surface area contributed by atoms with Gasteiger partial charge in [-0.3, -0.25) is 4.79 Å². The number of amides is 1. The lowest BCUT2D eigenvalue weighted by molar-refractivity contribution is 0.102. The van der Waals surface area contributed by atoms with Gasteiger partial charge in [-0.1, -0.05) is 19.0 Å². The van der Waals surface area contributed by atoms with E-state index in [2.05, 4.69) is 15.5 Å². The average Bonchev–Trinajstić information content (AvgIpc) is 3.04. The third-order valence-electron chi connectivity index (χ3n) is 3.82. The van der Waals surface area contributed by atoms with Gasteiger partial charge in [0.05, 0.1) is 36.6 Å². The van der Waals surface area contributed by atoms with Crippen molar-refractivity contribution >= 4 is 22.7 Å². The molecular formula is C18H19N3O4. The summed E-state index contributed by atoms with van der Waals surface area (Å²) < 4.78 is 15.7. The third kappa shape index (κ3) is 3.26. The predicted octanol–water partition coefficient (Wildman–Crippen LogP) is 3.62. The molecule has 25 heavy (non-hydrogen) atoms. The summed E-state index contributed by atoms with van der Waals surface area (Å²) in [5, 5.41) is 7.58. The standard InChI is InChI=1S/C18H19N3O4/c1-10(2)16-13-7-11(9-19-18(13)25-21-16)17(22)20-14-8-12(23-3)5-6-15(14)24-4/h5-10H,1-4H3,(H,20,22). The summed E-state index contributed by atoms with van der Waals surface area (Å²) >= 11 is 0. The largest absolute Gasteiger partial charge is 0.497 e. The van der Waals surface area contributed by atoms with Crippen molar-refractivity contribution in [2.75, 3.05) is 19.5 Å². The molecule has 1 aromatic carbocycles. The molecule has 130 valence electrons. The second-order valence-corrected chi connectivity index (χ2v) is 5.82. The fourth-order valence-corrected chi connectivity index (χ4v) is 2.50. The van der Waals surface area contributed by atoms with Crippen LogP contribution in [-0.2, 0) is 0 Å². The van der Waals surface area contributed by atoms with Crippen molar-refractivity contribution in [2.45, 2.75) is 19.8 Å². The molecule has 0 saturated carbocycles. The summed E-state index contributed by atoms with van der Waals surface area (Å²) in [6, 6.07) is 6.92. The number of pyridine rings is 1. The van der Waals surface area contributed by atoms with Crippen molar-refractivity contribution in [2.24, 2.45) is 0 Å². The van der Waals surface area contributed by atoms with Gasteiger partial charge < -0.3 is 19.3 Å². The Morgan fingerprint density at radius 2 is 2.00 bits per heavy atom. The Kier molecular flexibility index (Phi) is 4.56. The summed E-state index contributed by atoms with van der Waals surface area (Å²) in [7, 11) is 3.10. The molecule has 0 aliphatic rings. The molecule has 0 saturated heterocycles. The van der Waals surface area contributed by atoms with Gasteiger partial charge in [-0.05, 0) is 24.1 Å². The van der Waals surface area contributed by atoms with Gasteiger partial charge in [-0.15, -0.1) is 0 Å². The van der Waals surface area contributed by atoms with Crippen LogP contribution < -0.4 is 14.8 Å². The van der Waals surface area contributed by atoms with Crippen molar-refractivity contribution in [3.63, 3.8) is 0 Å². The molecule has 0 atom stereocenters. The summed E-state index contributed by atoms with van der Waals surface area (Å²) in [6.45, 7) is 4.01. The van der Waals surface area contributed by atoms with Crippen LogP contribution in [0.3, 0.4) is 0 Å². The first-order chi connectivity index (χ1) is 12.0. The van der Waals surface area contributed by atoms with E-state index in [1.54, 1.807) is 31.4 Å². The minimum Gasteiger partial charge on any atom is -0.497 e. The first-order valence-corrected chi connectivity index (χ1v) is 7.82. The minimum absolute atomic E-state index is 0.167. The van der Waals surface area contributed by atoms with Crippen LogP contribution in [0.25, 0.3) is 11.1 Å². The maximum atomic E-state index is 12.6. The van der Waals surface area contributed by atoms with Crippen molar-refractivity contribution in [3.8, 4) is 11.5 Å². The van der Waals surface area contributed by atoms with Gasteiger partial charge in [0, 0.05) is 12.3 Å². The summed E-state index contributed by atoms with van der Waals surface area (Å²) in [5.74, 6) is 1.01. The molecular weight excluding hydrogens is 322 g/mol. The van der Waals surface area contributed by atoms with Crippen LogP contribution >= 0.6 is 0 Å². The average molecular weight is 341 g/mol. The number of methoxy groups -OCH3 is 2. The van der Waals surface area contributed by atoms with E-state index in [1.165, 1.54) is 13.3 Å². The fraction of sp³-hybridized carbons (Fsp3) is 0.278. The Morgan fingerprint density at radius 1 is 1.20 bits per heavy atom. The van der Waals surface area contributed by atoms with Crippen LogP contribution in [0.1, 0.15) is 35.8 Å². The highest BCUT2D eigenvalue weighted by molar-refractivity contribution is 6.06. The highest BCUT2D eigenvalue weighted by Gasteiger charge is 2.17. The van der Waals surface area contributed by atoms with Crippen LogP contribution in [0.2, 0.25) is 0 Å². The Balaban J connectivity index is 1.93. The minimum atomic E-state index is -0.308. The van der Waals surface area contributed by atoms with Crippen molar-refractivity contribution in [1.82, 2.24) is 10.1 Å². The Bertz CT molecular complexity index is 918. The topological polar surface area (TPSA) is 86.5 Å². The van der Waals surface area contributed by atoms with Gasteiger partial charge in [0.15, 0.2) is 0 Å². The lowest BCUT2D eigenvalue weighted by atomic mass is 10.1. The fourth-order valence-electron chi connectivity index (χ4n) is 2.50. The van der Waals surface area contributed by atoms with Crippen molar-refractivity contribution < 1.29 is 18.8 Å². The van der Waals surface area contributed by atoms with E-state index in [1.807, 2.05) is 13.8 Å². The third-order valence-corrected chi connectivity index (χ3v) is 3.82. The van der Waals surface area contributed by atoms with E-state index in [-0.39, 0.29) is 11.8 Å². The first kappa shape index (κ1) is 16.8. The number of hydrogen-bond donors (Lipinski definition) is 1. The predicted molar refractivity (Wildman–Crippen MR) is 93.4 cm³/mol. The number of nitrogens with zero attached hydrogens (tertiary/aromatic N) is 2. The highest BCUT2D eigenvalue weighted by Crippen LogP contribution is 2.30. The number of fused-ring (bicyclic) bond motifs is 1. The number of rotatable bonds is 5. The molecule has 0 aliphatic carbocycles. The molecule has 2 heterocycles. The number of carbonyl (C=O) groups excluding carboxylic acids is 1. The molecule has 0 fully saturated rings. The zero-order chi connectivity index (χ0) is 18.0.